The molecule has 158 valence electrons. The third kappa shape index (κ3) is 5.15. The van der Waals surface area contributed by atoms with Crippen LogP contribution in [-0.4, -0.2) is 23.3 Å². The van der Waals surface area contributed by atoms with Crippen LogP contribution in [0.1, 0.15) is 34.0 Å². The smallest absolute Gasteiger partial charge is 0.339 e. The molecular weight excluding hydrogens is 390 g/mol. The predicted molar refractivity (Wildman–Crippen MR) is 123 cm³/mol. The molecule has 0 bridgehead atoms. The lowest BCUT2D eigenvalue weighted by atomic mass is 9.97. The summed E-state index contributed by atoms with van der Waals surface area (Å²) in [6.07, 6.45) is 4.81. The summed E-state index contributed by atoms with van der Waals surface area (Å²) >= 11 is 0. The second-order valence-electron chi connectivity index (χ2n) is 6.91. The van der Waals surface area contributed by atoms with Gasteiger partial charge >= 0.3 is 5.97 Å². The minimum atomic E-state index is -0.438. The zero-order valence-corrected chi connectivity index (χ0v) is 17.3. The number of nitrogen functional groups attached to an aromatic ring is 1. The van der Waals surface area contributed by atoms with Gasteiger partial charge in [-0.05, 0) is 47.9 Å². The molecule has 7 nitrogen and oxygen atoms in total. The van der Waals surface area contributed by atoms with E-state index in [-0.39, 0.29) is 18.0 Å². The zero-order valence-electron chi connectivity index (χ0n) is 17.3. The Morgan fingerprint density at radius 3 is 2.68 bits per heavy atom. The normalized spacial score (nSPS) is 11.2. The van der Waals surface area contributed by atoms with E-state index in [1.165, 1.54) is 6.20 Å². The van der Waals surface area contributed by atoms with E-state index in [1.54, 1.807) is 37.4 Å². The van der Waals surface area contributed by atoms with Crippen molar-refractivity contribution in [2.75, 3.05) is 12.3 Å². The topological polar surface area (TPSA) is 141 Å². The van der Waals surface area contributed by atoms with Crippen molar-refractivity contribution < 1.29 is 9.53 Å². The van der Waals surface area contributed by atoms with Gasteiger partial charge in [0.1, 0.15) is 0 Å². The average Bonchev–Trinajstić information content (AvgIpc) is 2.79. The number of carbonyl (C=O) groups excluding carboxylic acids is 1. The van der Waals surface area contributed by atoms with Crippen molar-refractivity contribution >= 4 is 23.4 Å². The molecule has 0 aliphatic carbocycles. The Morgan fingerprint density at radius 1 is 1.13 bits per heavy atom. The van der Waals surface area contributed by atoms with E-state index in [0.29, 0.717) is 28.9 Å². The van der Waals surface area contributed by atoms with Crippen molar-refractivity contribution in [3.63, 3.8) is 0 Å². The lowest BCUT2D eigenvalue weighted by Crippen LogP contribution is -2.13. The van der Waals surface area contributed by atoms with Gasteiger partial charge in [0.15, 0.2) is 0 Å². The lowest BCUT2D eigenvalue weighted by molar-refractivity contribution is 0.0526. The molecule has 0 radical (unpaired) electrons. The molecule has 1 aromatic heterocycles. The van der Waals surface area contributed by atoms with Gasteiger partial charge in [-0.3, -0.25) is 10.4 Å². The molecule has 0 spiro atoms. The van der Waals surface area contributed by atoms with E-state index >= 15 is 0 Å². The van der Waals surface area contributed by atoms with Crippen LogP contribution in [0, 0.1) is 5.41 Å². The highest BCUT2D eigenvalue weighted by atomic mass is 16.5. The summed E-state index contributed by atoms with van der Waals surface area (Å²) in [5.74, 6) is -0.438. The van der Waals surface area contributed by atoms with Crippen molar-refractivity contribution in [1.29, 1.82) is 5.41 Å². The van der Waals surface area contributed by atoms with Gasteiger partial charge in [0.05, 0.1) is 23.6 Å². The molecule has 2 aromatic carbocycles. The number of ether oxygens (including phenoxy) is 1. The maximum Gasteiger partial charge on any atom is 0.339 e. The Balaban J connectivity index is 1.94. The zero-order chi connectivity index (χ0) is 22.4. The lowest BCUT2D eigenvalue weighted by Gasteiger charge is -2.12. The van der Waals surface area contributed by atoms with E-state index in [0.717, 1.165) is 16.7 Å². The Morgan fingerprint density at radius 2 is 1.94 bits per heavy atom. The van der Waals surface area contributed by atoms with E-state index in [2.05, 4.69) is 4.98 Å². The van der Waals surface area contributed by atoms with Crippen LogP contribution < -0.4 is 17.2 Å². The van der Waals surface area contributed by atoms with E-state index in [9.17, 15) is 4.79 Å². The van der Waals surface area contributed by atoms with Crippen LogP contribution in [0.5, 0.6) is 0 Å². The molecule has 0 aliphatic rings. The monoisotopic (exact) mass is 415 g/mol. The van der Waals surface area contributed by atoms with E-state index < -0.39 is 5.97 Å². The van der Waals surface area contributed by atoms with Crippen LogP contribution in [0.25, 0.3) is 17.2 Å². The van der Waals surface area contributed by atoms with Crippen molar-refractivity contribution in [2.24, 2.45) is 11.5 Å². The van der Waals surface area contributed by atoms with Crippen molar-refractivity contribution in [2.45, 2.75) is 13.5 Å². The molecule has 0 aliphatic heterocycles. The average molecular weight is 415 g/mol. The first-order valence-electron chi connectivity index (χ1n) is 9.80. The number of benzene rings is 2. The summed E-state index contributed by atoms with van der Waals surface area (Å²) in [4.78, 5) is 16.2. The van der Waals surface area contributed by atoms with Crippen LogP contribution in [0.4, 0.5) is 5.69 Å². The van der Waals surface area contributed by atoms with Gasteiger partial charge in [0, 0.05) is 35.8 Å². The Kier molecular flexibility index (Phi) is 6.79. The maximum atomic E-state index is 12.0. The Hall–Kier alpha value is -3.97. The molecule has 3 aromatic rings. The number of nitrogens with one attached hydrogen (secondary N) is 1. The van der Waals surface area contributed by atoms with E-state index in [1.807, 2.05) is 30.3 Å². The quantitative estimate of drug-likeness (QED) is 0.265. The molecule has 0 fully saturated rings. The molecule has 7 N–H and O–H groups in total. The summed E-state index contributed by atoms with van der Waals surface area (Å²) in [6.45, 7) is 2.45. The highest BCUT2D eigenvalue weighted by Gasteiger charge is 2.13. The van der Waals surface area contributed by atoms with Crippen molar-refractivity contribution in [3.8, 4) is 11.1 Å². The third-order valence-corrected chi connectivity index (χ3v) is 4.70. The summed E-state index contributed by atoms with van der Waals surface area (Å²) in [7, 11) is 0. The summed E-state index contributed by atoms with van der Waals surface area (Å²) in [5.41, 5.74) is 23.0. The number of anilines is 1. The fourth-order valence-corrected chi connectivity index (χ4v) is 3.09. The second-order valence-corrected chi connectivity index (χ2v) is 6.91. The number of nitrogens with zero attached hydrogens (tertiary/aromatic N) is 1. The number of rotatable bonds is 7. The minimum absolute atomic E-state index is 0.104. The first-order chi connectivity index (χ1) is 14.9. The number of nitrogens with two attached hydrogens (primary N) is 3. The molecule has 7 heteroatoms. The number of hydrogen-bond donors (Lipinski definition) is 4. The Labute approximate surface area is 181 Å². The SMILES string of the molecule is CCOC(=O)c1cncc(-c2ccc(N)c(C(=N)/C(N)=C/c3cccc(CN)c3)c2)c1. The summed E-state index contributed by atoms with van der Waals surface area (Å²) < 4.78 is 5.04. The molecular formula is C24H25N5O2. The third-order valence-electron chi connectivity index (χ3n) is 4.70. The van der Waals surface area contributed by atoms with Gasteiger partial charge in [0.25, 0.3) is 0 Å². The van der Waals surface area contributed by atoms with Gasteiger partial charge in [0.2, 0.25) is 0 Å². The van der Waals surface area contributed by atoms with Gasteiger partial charge in [-0.25, -0.2) is 4.79 Å². The molecule has 0 saturated heterocycles. The molecule has 0 atom stereocenters. The van der Waals surface area contributed by atoms with Crippen LogP contribution in [0.15, 0.2) is 66.6 Å². The van der Waals surface area contributed by atoms with Crippen LogP contribution >= 0.6 is 0 Å². The first-order valence-corrected chi connectivity index (χ1v) is 9.80. The fourth-order valence-electron chi connectivity index (χ4n) is 3.09. The van der Waals surface area contributed by atoms with Gasteiger partial charge < -0.3 is 21.9 Å². The molecule has 0 saturated carbocycles. The highest BCUT2D eigenvalue weighted by Crippen LogP contribution is 2.26. The highest BCUT2D eigenvalue weighted by molar-refractivity contribution is 6.15. The number of allylic oxidation sites excluding steroid dienone is 1. The number of pyridine rings is 1. The van der Waals surface area contributed by atoms with Crippen LogP contribution in [-0.2, 0) is 11.3 Å². The number of hydrogen-bond acceptors (Lipinski definition) is 7. The summed E-state index contributed by atoms with van der Waals surface area (Å²) in [5, 5.41) is 8.56. The Bertz CT molecular complexity index is 1150. The van der Waals surface area contributed by atoms with Gasteiger partial charge in [-0.2, -0.15) is 0 Å². The largest absolute Gasteiger partial charge is 0.462 e. The maximum absolute atomic E-state index is 12.0. The van der Waals surface area contributed by atoms with Crippen LogP contribution in [0.3, 0.4) is 0 Å². The van der Waals surface area contributed by atoms with Crippen molar-refractivity contribution in [1.82, 2.24) is 4.98 Å². The van der Waals surface area contributed by atoms with Gasteiger partial charge in [-0.15, -0.1) is 0 Å². The van der Waals surface area contributed by atoms with Crippen LogP contribution in [0.2, 0.25) is 0 Å². The standard InChI is InChI=1S/C24H25N5O2/c1-2-31-24(30)19-10-18(13-29-14-19)17-6-7-21(26)20(11-17)23(28)22(27)9-15-4-3-5-16(8-15)12-25/h3-11,13-14,28H,2,12,25-27H2,1H3/b22-9-,28-23?. The fraction of sp³-hybridized carbons (Fsp3) is 0.125. The van der Waals surface area contributed by atoms with Gasteiger partial charge in [-0.1, -0.05) is 30.3 Å². The first kappa shape index (κ1) is 21.7. The number of carbonyl (C=O) groups is 1. The molecule has 0 unspecified atom stereocenters. The molecule has 1 heterocycles. The number of esters is 1. The van der Waals surface area contributed by atoms with Crippen molar-refractivity contribution in [3.05, 3.63) is 88.9 Å². The second kappa shape index (κ2) is 9.69. The summed E-state index contributed by atoms with van der Waals surface area (Å²) in [6, 6.07) is 14.6. The molecule has 0 amide bonds. The minimum Gasteiger partial charge on any atom is -0.462 e. The molecule has 3 rings (SSSR count). The molecule has 31 heavy (non-hydrogen) atoms. The predicted octanol–water partition coefficient (Wildman–Crippen LogP) is 3.33. The van der Waals surface area contributed by atoms with E-state index in [4.69, 9.17) is 27.3 Å². The number of aromatic nitrogens is 1.